The third-order valence-corrected chi connectivity index (χ3v) is 3.98. The van der Waals surface area contributed by atoms with E-state index >= 15 is 0 Å². The minimum atomic E-state index is -0.724. The van der Waals surface area contributed by atoms with Crippen LogP contribution in [0.25, 0.3) is 0 Å². The van der Waals surface area contributed by atoms with Crippen LogP contribution in [0.15, 0.2) is 30.3 Å². The molecular formula is C16H23NO3. The Balaban J connectivity index is 2.02. The average molecular weight is 277 g/mol. The summed E-state index contributed by atoms with van der Waals surface area (Å²) in [6.45, 7) is 5.80. The molecule has 0 saturated carbocycles. The van der Waals surface area contributed by atoms with Crippen LogP contribution in [0.2, 0.25) is 0 Å². The molecule has 1 fully saturated rings. The molecule has 1 aromatic carbocycles. The molecule has 1 N–H and O–H groups in total. The molecule has 1 aliphatic rings. The van der Waals surface area contributed by atoms with E-state index in [0.29, 0.717) is 19.1 Å². The topological polar surface area (TPSA) is 49.8 Å². The summed E-state index contributed by atoms with van der Waals surface area (Å²) in [4.78, 5) is 13.0. The van der Waals surface area contributed by atoms with Gasteiger partial charge in [-0.15, -0.1) is 0 Å². The lowest BCUT2D eigenvalue weighted by atomic mass is 9.98. The molecular weight excluding hydrogens is 254 g/mol. The van der Waals surface area contributed by atoms with Gasteiger partial charge in [0.2, 0.25) is 0 Å². The van der Waals surface area contributed by atoms with Crippen molar-refractivity contribution in [2.24, 2.45) is 0 Å². The van der Waals surface area contributed by atoms with Gasteiger partial charge in [0.15, 0.2) is 0 Å². The maximum Gasteiger partial charge on any atom is 0.303 e. The van der Waals surface area contributed by atoms with Gasteiger partial charge in [-0.05, 0) is 32.4 Å². The Bertz CT molecular complexity index is 435. The highest BCUT2D eigenvalue weighted by molar-refractivity contribution is 5.66. The maximum absolute atomic E-state index is 10.6. The molecule has 0 amide bonds. The number of benzene rings is 1. The number of ether oxygens (including phenoxy) is 1. The van der Waals surface area contributed by atoms with Crippen LogP contribution in [0.5, 0.6) is 0 Å². The second-order valence-corrected chi connectivity index (χ2v) is 5.49. The van der Waals surface area contributed by atoms with Crippen LogP contribution >= 0.6 is 0 Å². The zero-order chi connectivity index (χ0) is 14.5. The summed E-state index contributed by atoms with van der Waals surface area (Å²) in [5.74, 6) is -0.724. The second kappa shape index (κ2) is 6.86. The van der Waals surface area contributed by atoms with Crippen LogP contribution in [0.3, 0.4) is 0 Å². The lowest BCUT2D eigenvalue weighted by molar-refractivity contribution is -0.137. The number of carbonyl (C=O) groups is 1. The molecule has 110 valence electrons. The van der Waals surface area contributed by atoms with Gasteiger partial charge >= 0.3 is 5.97 Å². The molecule has 0 bridgehead atoms. The number of morpholine rings is 1. The van der Waals surface area contributed by atoms with Crippen molar-refractivity contribution in [3.63, 3.8) is 0 Å². The Kier molecular flexibility index (Phi) is 5.15. The van der Waals surface area contributed by atoms with E-state index in [9.17, 15) is 4.79 Å². The van der Waals surface area contributed by atoms with E-state index in [4.69, 9.17) is 9.84 Å². The van der Waals surface area contributed by atoms with E-state index in [1.165, 1.54) is 5.56 Å². The first-order valence-electron chi connectivity index (χ1n) is 7.23. The fraction of sp³-hybridized carbons (Fsp3) is 0.562. The zero-order valence-corrected chi connectivity index (χ0v) is 12.2. The summed E-state index contributed by atoms with van der Waals surface area (Å²) in [6.07, 6.45) is 0.982. The molecule has 1 saturated heterocycles. The summed E-state index contributed by atoms with van der Waals surface area (Å²) < 4.78 is 5.99. The van der Waals surface area contributed by atoms with Gasteiger partial charge in [-0.3, -0.25) is 9.69 Å². The van der Waals surface area contributed by atoms with E-state index in [-0.39, 0.29) is 18.6 Å². The first-order valence-corrected chi connectivity index (χ1v) is 7.23. The fourth-order valence-electron chi connectivity index (χ4n) is 2.91. The molecule has 0 aromatic heterocycles. The molecule has 0 unspecified atom stereocenters. The second-order valence-electron chi connectivity index (χ2n) is 5.49. The molecule has 1 aliphatic heterocycles. The molecule has 1 heterocycles. The number of carboxylic acid groups (broad SMARTS) is 1. The summed E-state index contributed by atoms with van der Waals surface area (Å²) in [5, 5.41) is 8.76. The minimum Gasteiger partial charge on any atom is -0.481 e. The van der Waals surface area contributed by atoms with E-state index in [0.717, 1.165) is 6.54 Å². The van der Waals surface area contributed by atoms with Crippen LogP contribution in [-0.2, 0) is 9.53 Å². The van der Waals surface area contributed by atoms with Crippen LogP contribution < -0.4 is 0 Å². The van der Waals surface area contributed by atoms with Gasteiger partial charge in [-0.2, -0.15) is 0 Å². The van der Waals surface area contributed by atoms with Gasteiger partial charge in [0.05, 0.1) is 12.7 Å². The van der Waals surface area contributed by atoms with Crippen molar-refractivity contribution in [3.8, 4) is 0 Å². The van der Waals surface area contributed by atoms with E-state index in [1.54, 1.807) is 0 Å². The van der Waals surface area contributed by atoms with Crippen LogP contribution in [-0.4, -0.2) is 41.2 Å². The van der Waals surface area contributed by atoms with Crippen molar-refractivity contribution in [1.82, 2.24) is 4.90 Å². The third-order valence-electron chi connectivity index (χ3n) is 3.98. The van der Waals surface area contributed by atoms with Gasteiger partial charge in [0.1, 0.15) is 0 Å². The minimum absolute atomic E-state index is 0.0669. The van der Waals surface area contributed by atoms with Crippen molar-refractivity contribution < 1.29 is 14.6 Å². The number of carboxylic acids is 1. The Morgan fingerprint density at radius 3 is 2.70 bits per heavy atom. The molecule has 3 atom stereocenters. The SMILES string of the molecule is C[C@@H]1CO[C@@H](c2ccccc2)[C@H](C)N1CCCC(=O)O. The molecule has 4 nitrogen and oxygen atoms in total. The highest BCUT2D eigenvalue weighted by Gasteiger charge is 2.33. The van der Waals surface area contributed by atoms with Gasteiger partial charge in [-0.25, -0.2) is 0 Å². The van der Waals surface area contributed by atoms with E-state index < -0.39 is 5.97 Å². The van der Waals surface area contributed by atoms with Crippen molar-refractivity contribution in [2.75, 3.05) is 13.2 Å². The zero-order valence-electron chi connectivity index (χ0n) is 12.2. The normalized spacial score (nSPS) is 27.4. The van der Waals surface area contributed by atoms with Gasteiger partial charge < -0.3 is 9.84 Å². The standard InChI is InChI=1S/C16H23NO3/c1-12-11-20-16(14-7-4-3-5-8-14)13(2)17(12)10-6-9-15(18)19/h3-5,7-8,12-13,16H,6,9-11H2,1-2H3,(H,18,19)/t12-,13+,16-/m1/s1. The Morgan fingerprint density at radius 2 is 2.05 bits per heavy atom. The lowest BCUT2D eigenvalue weighted by Gasteiger charge is -2.43. The largest absolute Gasteiger partial charge is 0.481 e. The summed E-state index contributed by atoms with van der Waals surface area (Å²) in [7, 11) is 0. The van der Waals surface area contributed by atoms with Gasteiger partial charge in [0, 0.05) is 18.5 Å². The fourth-order valence-corrected chi connectivity index (χ4v) is 2.91. The molecule has 0 aliphatic carbocycles. The molecule has 0 radical (unpaired) electrons. The third kappa shape index (κ3) is 3.58. The van der Waals surface area contributed by atoms with E-state index in [1.807, 2.05) is 18.2 Å². The summed E-state index contributed by atoms with van der Waals surface area (Å²) in [6, 6.07) is 10.8. The summed E-state index contributed by atoms with van der Waals surface area (Å²) >= 11 is 0. The van der Waals surface area contributed by atoms with Gasteiger partial charge in [0.25, 0.3) is 0 Å². The molecule has 2 rings (SSSR count). The van der Waals surface area contributed by atoms with Crippen molar-refractivity contribution >= 4 is 5.97 Å². The number of nitrogens with zero attached hydrogens (tertiary/aromatic N) is 1. The first kappa shape index (κ1) is 15.0. The van der Waals surface area contributed by atoms with Crippen LogP contribution in [0.1, 0.15) is 38.4 Å². The number of rotatable bonds is 5. The quantitative estimate of drug-likeness (QED) is 0.899. The highest BCUT2D eigenvalue weighted by atomic mass is 16.5. The van der Waals surface area contributed by atoms with Crippen molar-refractivity contribution in [1.29, 1.82) is 0 Å². The number of hydrogen-bond acceptors (Lipinski definition) is 3. The Labute approximate surface area is 120 Å². The molecule has 4 heteroatoms. The number of aliphatic carboxylic acids is 1. The number of hydrogen-bond donors (Lipinski definition) is 1. The maximum atomic E-state index is 10.6. The monoisotopic (exact) mass is 277 g/mol. The van der Waals surface area contributed by atoms with Crippen molar-refractivity contribution in [2.45, 2.75) is 44.9 Å². The van der Waals surface area contributed by atoms with Gasteiger partial charge in [-0.1, -0.05) is 30.3 Å². The predicted molar refractivity (Wildman–Crippen MR) is 77.6 cm³/mol. The average Bonchev–Trinajstić information content (AvgIpc) is 2.43. The van der Waals surface area contributed by atoms with E-state index in [2.05, 4.69) is 30.9 Å². The van der Waals surface area contributed by atoms with Crippen molar-refractivity contribution in [3.05, 3.63) is 35.9 Å². The Morgan fingerprint density at radius 1 is 1.35 bits per heavy atom. The molecule has 20 heavy (non-hydrogen) atoms. The Hall–Kier alpha value is -1.39. The molecule has 0 spiro atoms. The van der Waals surface area contributed by atoms with Crippen LogP contribution in [0, 0.1) is 0 Å². The first-order chi connectivity index (χ1) is 9.59. The predicted octanol–water partition coefficient (Wildman–Crippen LogP) is 2.70. The smallest absolute Gasteiger partial charge is 0.303 e. The lowest BCUT2D eigenvalue weighted by Crippen LogP contribution is -2.51. The van der Waals surface area contributed by atoms with Crippen LogP contribution in [0.4, 0.5) is 0 Å². The molecule has 1 aromatic rings. The highest BCUT2D eigenvalue weighted by Crippen LogP contribution is 2.30. The summed E-state index contributed by atoms with van der Waals surface area (Å²) in [5.41, 5.74) is 1.19.